The van der Waals surface area contributed by atoms with Crippen molar-refractivity contribution in [3.63, 3.8) is 0 Å². The van der Waals surface area contributed by atoms with Crippen molar-refractivity contribution < 1.29 is 15.0 Å². The molecule has 0 aliphatic carbocycles. The van der Waals surface area contributed by atoms with E-state index in [1.165, 1.54) is 0 Å². The second kappa shape index (κ2) is 6.60. The van der Waals surface area contributed by atoms with Crippen LogP contribution in [0.1, 0.15) is 11.4 Å². The molecule has 5 nitrogen and oxygen atoms in total. The fraction of sp³-hybridized carbons (Fsp3) is 0.385. The number of hydrogen-bond donors (Lipinski definition) is 3. The van der Waals surface area contributed by atoms with E-state index in [0.29, 0.717) is 12.8 Å². The predicted molar refractivity (Wildman–Crippen MR) is 74.0 cm³/mol. The van der Waals surface area contributed by atoms with Crippen molar-refractivity contribution in [1.29, 1.82) is 0 Å². The molecule has 0 bridgehead atoms. The van der Waals surface area contributed by atoms with Crippen molar-refractivity contribution in [3.8, 4) is 0 Å². The number of benzene rings is 1. The zero-order chi connectivity index (χ0) is 13.7. The molecule has 0 radical (unpaired) electrons. The molecular formula is C13H16N2O3S. The number of fused-ring (bicyclic) bond motifs is 1. The zero-order valence-electron chi connectivity index (χ0n) is 10.4. The second-order valence-electron chi connectivity index (χ2n) is 4.20. The van der Waals surface area contributed by atoms with Crippen LogP contribution in [0.25, 0.3) is 10.2 Å². The van der Waals surface area contributed by atoms with Gasteiger partial charge in [0, 0.05) is 12.8 Å². The van der Waals surface area contributed by atoms with Gasteiger partial charge < -0.3 is 15.5 Å². The van der Waals surface area contributed by atoms with Gasteiger partial charge >= 0.3 is 0 Å². The lowest BCUT2D eigenvalue weighted by molar-refractivity contribution is -0.122. The number of nitrogens with one attached hydrogen (secondary N) is 1. The first-order valence-corrected chi connectivity index (χ1v) is 6.90. The van der Waals surface area contributed by atoms with Crippen LogP contribution in [0.2, 0.25) is 0 Å². The number of rotatable bonds is 6. The van der Waals surface area contributed by atoms with E-state index >= 15 is 0 Å². The van der Waals surface area contributed by atoms with Crippen LogP contribution < -0.4 is 5.32 Å². The standard InChI is InChI=1S/C13H16N2O3S/c16-7-9(8-17)14-12(18)5-6-13-15-10-3-1-2-4-11(10)19-13/h1-4,9,16-17H,5-8H2,(H,14,18). The Bertz CT molecular complexity index is 519. The van der Waals surface area contributed by atoms with E-state index in [0.717, 1.165) is 15.2 Å². The van der Waals surface area contributed by atoms with Gasteiger partial charge in [0.1, 0.15) is 0 Å². The molecule has 102 valence electrons. The van der Waals surface area contributed by atoms with Gasteiger partial charge in [0.25, 0.3) is 0 Å². The maximum Gasteiger partial charge on any atom is 0.220 e. The summed E-state index contributed by atoms with van der Waals surface area (Å²) in [4.78, 5) is 16.0. The number of thiazole rings is 1. The van der Waals surface area contributed by atoms with E-state index in [1.54, 1.807) is 11.3 Å². The van der Waals surface area contributed by atoms with Gasteiger partial charge in [0.2, 0.25) is 5.91 Å². The highest BCUT2D eigenvalue weighted by molar-refractivity contribution is 7.18. The Morgan fingerprint density at radius 3 is 2.74 bits per heavy atom. The average Bonchev–Trinajstić information content (AvgIpc) is 2.85. The molecular weight excluding hydrogens is 264 g/mol. The van der Waals surface area contributed by atoms with Crippen LogP contribution >= 0.6 is 11.3 Å². The summed E-state index contributed by atoms with van der Waals surface area (Å²) < 4.78 is 1.11. The van der Waals surface area contributed by atoms with Crippen LogP contribution in [0.5, 0.6) is 0 Å². The number of aliphatic hydroxyl groups is 2. The summed E-state index contributed by atoms with van der Waals surface area (Å²) in [6.07, 6.45) is 0.866. The summed E-state index contributed by atoms with van der Waals surface area (Å²) >= 11 is 1.58. The molecule has 0 spiro atoms. The number of carbonyl (C=O) groups excluding carboxylic acids is 1. The molecule has 0 saturated heterocycles. The topological polar surface area (TPSA) is 82.5 Å². The lowest BCUT2D eigenvalue weighted by atomic mass is 10.2. The van der Waals surface area contributed by atoms with E-state index in [4.69, 9.17) is 10.2 Å². The zero-order valence-corrected chi connectivity index (χ0v) is 11.2. The summed E-state index contributed by atoms with van der Waals surface area (Å²) in [5.74, 6) is -0.188. The summed E-state index contributed by atoms with van der Waals surface area (Å²) in [6.45, 7) is -0.521. The second-order valence-corrected chi connectivity index (χ2v) is 5.32. The molecule has 6 heteroatoms. The van der Waals surface area contributed by atoms with Crippen molar-refractivity contribution in [2.24, 2.45) is 0 Å². The number of aryl methyl sites for hydroxylation is 1. The van der Waals surface area contributed by atoms with Gasteiger partial charge in [-0.15, -0.1) is 11.3 Å². The van der Waals surface area contributed by atoms with Gasteiger partial charge in [-0.2, -0.15) is 0 Å². The average molecular weight is 280 g/mol. The summed E-state index contributed by atoms with van der Waals surface area (Å²) in [6, 6.07) is 7.27. The third kappa shape index (κ3) is 3.73. The Morgan fingerprint density at radius 2 is 2.05 bits per heavy atom. The monoisotopic (exact) mass is 280 g/mol. The van der Waals surface area contributed by atoms with Gasteiger partial charge in [0.15, 0.2) is 0 Å². The largest absolute Gasteiger partial charge is 0.394 e. The minimum Gasteiger partial charge on any atom is -0.394 e. The molecule has 0 unspecified atom stereocenters. The van der Waals surface area contributed by atoms with Gasteiger partial charge in [0.05, 0.1) is 34.5 Å². The van der Waals surface area contributed by atoms with Crippen LogP contribution in [0.3, 0.4) is 0 Å². The molecule has 0 aliphatic rings. The maximum atomic E-state index is 11.6. The number of carbonyl (C=O) groups is 1. The van der Waals surface area contributed by atoms with Crippen molar-refractivity contribution in [3.05, 3.63) is 29.3 Å². The number of aromatic nitrogens is 1. The molecule has 0 aliphatic heterocycles. The minimum atomic E-state index is -0.581. The highest BCUT2D eigenvalue weighted by atomic mass is 32.1. The van der Waals surface area contributed by atoms with Gasteiger partial charge in [-0.05, 0) is 12.1 Å². The Labute approximate surface area is 114 Å². The van der Waals surface area contributed by atoms with Crippen LogP contribution in [0, 0.1) is 0 Å². The first kappa shape index (κ1) is 13.9. The summed E-state index contributed by atoms with van der Waals surface area (Å²) in [5.41, 5.74) is 0.950. The van der Waals surface area contributed by atoms with Crippen LogP contribution in [0.4, 0.5) is 0 Å². The molecule has 2 aromatic rings. The molecule has 0 fully saturated rings. The number of para-hydroxylation sites is 1. The molecule has 1 aromatic carbocycles. The first-order chi connectivity index (χ1) is 9.22. The summed E-state index contributed by atoms with van der Waals surface area (Å²) in [7, 11) is 0. The Kier molecular flexibility index (Phi) is 4.84. The molecule has 3 N–H and O–H groups in total. The Hall–Kier alpha value is -1.50. The van der Waals surface area contributed by atoms with Crippen LogP contribution in [-0.4, -0.2) is 40.4 Å². The molecule has 2 rings (SSSR count). The lowest BCUT2D eigenvalue weighted by Gasteiger charge is -2.12. The number of aliphatic hydroxyl groups excluding tert-OH is 2. The fourth-order valence-electron chi connectivity index (χ4n) is 1.70. The van der Waals surface area contributed by atoms with E-state index < -0.39 is 6.04 Å². The molecule has 1 aromatic heterocycles. The van der Waals surface area contributed by atoms with E-state index in [2.05, 4.69) is 10.3 Å². The molecule has 0 saturated carbocycles. The predicted octanol–water partition coefficient (Wildman–Crippen LogP) is 0.698. The number of hydrogen-bond acceptors (Lipinski definition) is 5. The van der Waals surface area contributed by atoms with Gasteiger partial charge in [-0.25, -0.2) is 4.98 Å². The fourth-order valence-corrected chi connectivity index (χ4v) is 2.66. The highest BCUT2D eigenvalue weighted by Crippen LogP contribution is 2.22. The minimum absolute atomic E-state index is 0.188. The van der Waals surface area contributed by atoms with Crippen molar-refractivity contribution in [1.82, 2.24) is 10.3 Å². The van der Waals surface area contributed by atoms with Crippen molar-refractivity contribution in [2.45, 2.75) is 18.9 Å². The maximum absolute atomic E-state index is 11.6. The third-order valence-electron chi connectivity index (χ3n) is 2.71. The molecule has 0 atom stereocenters. The van der Waals surface area contributed by atoms with Gasteiger partial charge in [-0.3, -0.25) is 4.79 Å². The molecule has 19 heavy (non-hydrogen) atoms. The Morgan fingerprint density at radius 1 is 1.32 bits per heavy atom. The highest BCUT2D eigenvalue weighted by Gasteiger charge is 2.11. The quantitative estimate of drug-likeness (QED) is 0.727. The lowest BCUT2D eigenvalue weighted by Crippen LogP contribution is -2.40. The van der Waals surface area contributed by atoms with Gasteiger partial charge in [-0.1, -0.05) is 12.1 Å². The third-order valence-corrected chi connectivity index (χ3v) is 3.81. The van der Waals surface area contributed by atoms with E-state index in [-0.39, 0.29) is 19.1 Å². The normalized spacial score (nSPS) is 11.1. The van der Waals surface area contributed by atoms with E-state index in [1.807, 2.05) is 24.3 Å². The van der Waals surface area contributed by atoms with Crippen molar-refractivity contribution in [2.75, 3.05) is 13.2 Å². The van der Waals surface area contributed by atoms with Crippen LogP contribution in [0.15, 0.2) is 24.3 Å². The summed E-state index contributed by atoms with van der Waals surface area (Å²) in [5, 5.41) is 21.2. The van der Waals surface area contributed by atoms with Crippen molar-refractivity contribution >= 4 is 27.5 Å². The van der Waals surface area contributed by atoms with E-state index in [9.17, 15) is 4.79 Å². The van der Waals surface area contributed by atoms with Crippen LogP contribution in [-0.2, 0) is 11.2 Å². The Balaban J connectivity index is 1.89. The smallest absolute Gasteiger partial charge is 0.220 e. The number of amides is 1. The number of nitrogens with zero attached hydrogens (tertiary/aromatic N) is 1. The molecule has 1 amide bonds. The molecule has 1 heterocycles. The first-order valence-electron chi connectivity index (χ1n) is 6.08. The SMILES string of the molecule is O=C(CCc1nc2ccccc2s1)NC(CO)CO.